The van der Waals surface area contributed by atoms with Crippen molar-refractivity contribution in [2.75, 3.05) is 25.1 Å². The second-order valence-electron chi connectivity index (χ2n) is 4.81. The van der Waals surface area contributed by atoms with Crippen LogP contribution in [0, 0.1) is 0 Å². The first-order chi connectivity index (χ1) is 11.6. The van der Waals surface area contributed by atoms with Crippen molar-refractivity contribution < 1.29 is 19.0 Å². The highest BCUT2D eigenvalue weighted by molar-refractivity contribution is 9.10. The fraction of sp³-hybridized carbons (Fsp3) is 0.278. The van der Waals surface area contributed by atoms with Gasteiger partial charge in [0.15, 0.2) is 6.61 Å². The van der Waals surface area contributed by atoms with Gasteiger partial charge in [-0.15, -0.1) is 0 Å². The van der Waals surface area contributed by atoms with Gasteiger partial charge in [0.2, 0.25) is 0 Å². The van der Waals surface area contributed by atoms with Gasteiger partial charge >= 0.3 is 0 Å². The van der Waals surface area contributed by atoms with Crippen LogP contribution in [-0.4, -0.2) is 25.7 Å². The fourth-order valence-corrected chi connectivity index (χ4v) is 2.27. The van der Waals surface area contributed by atoms with Gasteiger partial charge in [0.1, 0.15) is 17.2 Å². The van der Waals surface area contributed by atoms with Crippen LogP contribution >= 0.6 is 15.9 Å². The Morgan fingerprint density at radius 2 is 1.62 bits per heavy atom. The molecule has 24 heavy (non-hydrogen) atoms. The Morgan fingerprint density at radius 1 is 0.958 bits per heavy atom. The zero-order chi connectivity index (χ0) is 17.4. The van der Waals surface area contributed by atoms with Gasteiger partial charge in [-0.25, -0.2) is 0 Å². The Morgan fingerprint density at radius 3 is 2.29 bits per heavy atom. The standard InChI is InChI=1S/C18H20BrNO4/c1-3-22-15-9-10-17(23-4-2)16(11-15)20-18(21)12-24-14-7-5-13(19)6-8-14/h5-11H,3-4,12H2,1-2H3,(H,20,21). The molecule has 0 aliphatic heterocycles. The van der Waals surface area contributed by atoms with E-state index in [1.807, 2.05) is 32.0 Å². The van der Waals surface area contributed by atoms with E-state index >= 15 is 0 Å². The number of hydrogen-bond acceptors (Lipinski definition) is 4. The molecule has 0 saturated heterocycles. The van der Waals surface area contributed by atoms with E-state index < -0.39 is 0 Å². The Balaban J connectivity index is 2.00. The molecule has 128 valence electrons. The lowest BCUT2D eigenvalue weighted by atomic mass is 10.2. The first kappa shape index (κ1) is 18.1. The smallest absolute Gasteiger partial charge is 0.262 e. The number of amides is 1. The zero-order valence-corrected chi connectivity index (χ0v) is 15.3. The van der Waals surface area contributed by atoms with Gasteiger partial charge in [-0.05, 0) is 50.2 Å². The molecule has 6 heteroatoms. The van der Waals surface area contributed by atoms with Crippen LogP contribution in [-0.2, 0) is 4.79 Å². The molecule has 5 nitrogen and oxygen atoms in total. The minimum atomic E-state index is -0.271. The van der Waals surface area contributed by atoms with Gasteiger partial charge in [-0.1, -0.05) is 15.9 Å². The largest absolute Gasteiger partial charge is 0.494 e. The number of benzene rings is 2. The molecule has 0 atom stereocenters. The first-order valence-electron chi connectivity index (χ1n) is 7.70. The van der Waals surface area contributed by atoms with E-state index in [1.54, 1.807) is 24.3 Å². The Bertz CT molecular complexity index is 673. The van der Waals surface area contributed by atoms with E-state index in [4.69, 9.17) is 14.2 Å². The average Bonchev–Trinajstić information content (AvgIpc) is 2.57. The van der Waals surface area contributed by atoms with Crippen LogP contribution in [0.4, 0.5) is 5.69 Å². The first-order valence-corrected chi connectivity index (χ1v) is 8.49. The summed E-state index contributed by atoms with van der Waals surface area (Å²) in [6.45, 7) is 4.76. The summed E-state index contributed by atoms with van der Waals surface area (Å²) in [5, 5.41) is 2.80. The van der Waals surface area contributed by atoms with Crippen LogP contribution in [0.2, 0.25) is 0 Å². The van der Waals surface area contributed by atoms with Crippen LogP contribution in [0.1, 0.15) is 13.8 Å². The summed E-state index contributed by atoms with van der Waals surface area (Å²) in [7, 11) is 0. The highest BCUT2D eigenvalue weighted by Gasteiger charge is 2.10. The van der Waals surface area contributed by atoms with E-state index in [1.165, 1.54) is 0 Å². The van der Waals surface area contributed by atoms with Crippen molar-refractivity contribution in [2.45, 2.75) is 13.8 Å². The van der Waals surface area contributed by atoms with E-state index in [0.717, 1.165) is 4.47 Å². The Kier molecular flexibility index (Phi) is 6.93. The lowest BCUT2D eigenvalue weighted by Crippen LogP contribution is -2.20. The molecule has 2 aromatic rings. The lowest BCUT2D eigenvalue weighted by Gasteiger charge is -2.14. The normalized spacial score (nSPS) is 10.1. The number of hydrogen-bond donors (Lipinski definition) is 1. The highest BCUT2D eigenvalue weighted by atomic mass is 79.9. The Labute approximate surface area is 150 Å². The van der Waals surface area contributed by atoms with Crippen LogP contribution in [0.5, 0.6) is 17.2 Å². The van der Waals surface area contributed by atoms with Crippen molar-refractivity contribution >= 4 is 27.5 Å². The van der Waals surface area contributed by atoms with Crippen molar-refractivity contribution in [1.82, 2.24) is 0 Å². The van der Waals surface area contributed by atoms with Crippen LogP contribution in [0.3, 0.4) is 0 Å². The number of rotatable bonds is 8. The molecule has 2 rings (SSSR count). The van der Waals surface area contributed by atoms with Crippen LogP contribution in [0.15, 0.2) is 46.9 Å². The maximum Gasteiger partial charge on any atom is 0.262 e. The Hall–Kier alpha value is -2.21. The summed E-state index contributed by atoms with van der Waals surface area (Å²) in [6, 6.07) is 12.6. The summed E-state index contributed by atoms with van der Waals surface area (Å²) in [5.74, 6) is 1.62. The molecule has 0 aliphatic carbocycles. The summed E-state index contributed by atoms with van der Waals surface area (Å²) in [5.41, 5.74) is 0.562. The predicted molar refractivity (Wildman–Crippen MR) is 97.0 cm³/mol. The lowest BCUT2D eigenvalue weighted by molar-refractivity contribution is -0.118. The summed E-state index contributed by atoms with van der Waals surface area (Å²) in [6.07, 6.45) is 0. The molecular weight excluding hydrogens is 374 g/mol. The van der Waals surface area contributed by atoms with Crippen molar-refractivity contribution in [3.63, 3.8) is 0 Å². The van der Waals surface area contributed by atoms with E-state index in [0.29, 0.717) is 36.1 Å². The average molecular weight is 394 g/mol. The van der Waals surface area contributed by atoms with Gasteiger partial charge in [-0.2, -0.15) is 0 Å². The van der Waals surface area contributed by atoms with Gasteiger partial charge in [0, 0.05) is 10.5 Å². The van der Waals surface area contributed by atoms with E-state index in [-0.39, 0.29) is 12.5 Å². The van der Waals surface area contributed by atoms with Gasteiger partial charge in [0.05, 0.1) is 18.9 Å². The van der Waals surface area contributed by atoms with Crippen molar-refractivity contribution in [1.29, 1.82) is 0 Å². The third kappa shape index (κ3) is 5.45. The minimum Gasteiger partial charge on any atom is -0.494 e. The molecule has 2 aromatic carbocycles. The van der Waals surface area contributed by atoms with Gasteiger partial charge < -0.3 is 19.5 Å². The monoisotopic (exact) mass is 393 g/mol. The predicted octanol–water partition coefficient (Wildman–Crippen LogP) is 4.26. The molecule has 0 unspecified atom stereocenters. The third-order valence-electron chi connectivity index (χ3n) is 3.02. The topological polar surface area (TPSA) is 56.8 Å². The molecule has 0 aromatic heterocycles. The molecule has 0 saturated carbocycles. The molecule has 1 amide bonds. The molecule has 1 N–H and O–H groups in total. The van der Waals surface area contributed by atoms with E-state index in [2.05, 4.69) is 21.2 Å². The molecule has 0 fully saturated rings. The number of nitrogens with one attached hydrogen (secondary N) is 1. The zero-order valence-electron chi connectivity index (χ0n) is 13.7. The quantitative estimate of drug-likeness (QED) is 0.727. The summed E-state index contributed by atoms with van der Waals surface area (Å²) >= 11 is 3.35. The molecule has 0 heterocycles. The van der Waals surface area contributed by atoms with Crippen molar-refractivity contribution in [3.8, 4) is 17.2 Å². The number of ether oxygens (including phenoxy) is 3. The van der Waals surface area contributed by atoms with Crippen molar-refractivity contribution in [2.24, 2.45) is 0 Å². The van der Waals surface area contributed by atoms with Crippen molar-refractivity contribution in [3.05, 3.63) is 46.9 Å². The van der Waals surface area contributed by atoms with Gasteiger partial charge in [0.25, 0.3) is 5.91 Å². The molecule has 0 radical (unpaired) electrons. The summed E-state index contributed by atoms with van der Waals surface area (Å²) in [4.78, 5) is 12.1. The molecular formula is C18H20BrNO4. The molecule has 0 spiro atoms. The highest BCUT2D eigenvalue weighted by Crippen LogP contribution is 2.29. The molecule has 0 aliphatic rings. The number of carbonyl (C=O) groups excluding carboxylic acids is 1. The summed E-state index contributed by atoms with van der Waals surface area (Å²) < 4.78 is 17.4. The maximum atomic E-state index is 12.1. The second kappa shape index (κ2) is 9.17. The van der Waals surface area contributed by atoms with Crippen LogP contribution < -0.4 is 19.5 Å². The SMILES string of the molecule is CCOc1ccc(OCC)c(NC(=O)COc2ccc(Br)cc2)c1. The minimum absolute atomic E-state index is 0.0912. The number of anilines is 1. The second-order valence-corrected chi connectivity index (χ2v) is 5.73. The number of halogens is 1. The van der Waals surface area contributed by atoms with Gasteiger partial charge in [-0.3, -0.25) is 4.79 Å². The van der Waals surface area contributed by atoms with Crippen LogP contribution in [0.25, 0.3) is 0 Å². The third-order valence-corrected chi connectivity index (χ3v) is 3.55. The van der Waals surface area contributed by atoms with E-state index in [9.17, 15) is 4.79 Å². The maximum absolute atomic E-state index is 12.1. The number of carbonyl (C=O) groups is 1. The fourth-order valence-electron chi connectivity index (χ4n) is 2.01. The molecule has 0 bridgehead atoms.